The SMILES string of the molecule is CNc1ccc(Br)cc1N1CC(CN=[N+]=[N-])CC1=O. The van der Waals surface area contributed by atoms with Gasteiger partial charge in [-0.1, -0.05) is 21.0 Å². The zero-order valence-corrected chi connectivity index (χ0v) is 12.1. The number of amides is 1. The molecule has 1 aliphatic rings. The van der Waals surface area contributed by atoms with Gasteiger partial charge in [0, 0.05) is 35.9 Å². The second-order valence-corrected chi connectivity index (χ2v) is 5.32. The topological polar surface area (TPSA) is 81.1 Å². The second kappa shape index (κ2) is 5.95. The van der Waals surface area contributed by atoms with E-state index in [1.54, 1.807) is 4.90 Å². The van der Waals surface area contributed by atoms with Gasteiger partial charge in [-0.3, -0.25) is 4.79 Å². The average molecular weight is 324 g/mol. The molecule has 1 aromatic carbocycles. The van der Waals surface area contributed by atoms with E-state index in [2.05, 4.69) is 31.3 Å². The van der Waals surface area contributed by atoms with Crippen LogP contribution in [0.4, 0.5) is 11.4 Å². The Morgan fingerprint density at radius 3 is 3.11 bits per heavy atom. The number of hydrogen-bond acceptors (Lipinski definition) is 3. The van der Waals surface area contributed by atoms with Crippen molar-refractivity contribution in [2.24, 2.45) is 11.0 Å². The van der Waals surface area contributed by atoms with Crippen LogP contribution < -0.4 is 10.2 Å². The van der Waals surface area contributed by atoms with E-state index in [0.29, 0.717) is 19.5 Å². The monoisotopic (exact) mass is 323 g/mol. The maximum absolute atomic E-state index is 12.1. The Bertz CT molecular complexity index is 541. The molecule has 1 aromatic rings. The summed E-state index contributed by atoms with van der Waals surface area (Å²) in [7, 11) is 1.82. The van der Waals surface area contributed by atoms with Gasteiger partial charge in [-0.25, -0.2) is 0 Å². The molecule has 0 saturated carbocycles. The Morgan fingerprint density at radius 1 is 1.63 bits per heavy atom. The molecule has 1 aliphatic heterocycles. The van der Waals surface area contributed by atoms with E-state index >= 15 is 0 Å². The summed E-state index contributed by atoms with van der Waals surface area (Å²) in [6.07, 6.45) is 0.425. The Morgan fingerprint density at radius 2 is 2.42 bits per heavy atom. The molecule has 1 N–H and O–H groups in total. The first-order valence-corrected chi connectivity index (χ1v) is 6.73. The van der Waals surface area contributed by atoms with Crippen molar-refractivity contribution in [2.45, 2.75) is 6.42 Å². The Balaban J connectivity index is 2.24. The van der Waals surface area contributed by atoms with E-state index in [1.165, 1.54) is 0 Å². The highest BCUT2D eigenvalue weighted by molar-refractivity contribution is 9.10. The van der Waals surface area contributed by atoms with Gasteiger partial charge < -0.3 is 10.2 Å². The zero-order valence-electron chi connectivity index (χ0n) is 10.5. The van der Waals surface area contributed by atoms with Crippen LogP contribution >= 0.6 is 15.9 Å². The second-order valence-electron chi connectivity index (χ2n) is 4.40. The molecule has 0 spiro atoms. The summed E-state index contributed by atoms with van der Waals surface area (Å²) < 4.78 is 0.924. The molecule has 1 unspecified atom stereocenters. The average Bonchev–Trinajstić information content (AvgIpc) is 2.77. The third-order valence-electron chi connectivity index (χ3n) is 3.13. The Kier molecular flexibility index (Phi) is 4.29. The van der Waals surface area contributed by atoms with Crippen LogP contribution in [0.1, 0.15) is 6.42 Å². The van der Waals surface area contributed by atoms with Crippen LogP contribution in [0.5, 0.6) is 0 Å². The fourth-order valence-electron chi connectivity index (χ4n) is 2.23. The predicted octanol–water partition coefficient (Wildman–Crippen LogP) is 3.15. The number of hydrogen-bond donors (Lipinski definition) is 1. The molecule has 7 heteroatoms. The van der Waals surface area contributed by atoms with Crippen molar-refractivity contribution in [1.82, 2.24) is 0 Å². The smallest absolute Gasteiger partial charge is 0.227 e. The van der Waals surface area contributed by atoms with Gasteiger partial charge in [0.1, 0.15) is 0 Å². The Hall–Kier alpha value is -1.72. The lowest BCUT2D eigenvalue weighted by atomic mass is 10.1. The molecule has 1 saturated heterocycles. The first kappa shape index (κ1) is 13.7. The minimum Gasteiger partial charge on any atom is -0.386 e. The maximum Gasteiger partial charge on any atom is 0.227 e. The lowest BCUT2D eigenvalue weighted by molar-refractivity contribution is -0.117. The first-order valence-electron chi connectivity index (χ1n) is 5.94. The standard InChI is InChI=1S/C12H14BrN5O/c1-15-10-3-2-9(13)5-11(10)18-7-8(4-12(18)19)6-16-17-14/h2-3,5,8,15H,4,6-7H2,1H3. The molecular weight excluding hydrogens is 310 g/mol. The van der Waals surface area contributed by atoms with Gasteiger partial charge in [0.25, 0.3) is 0 Å². The predicted molar refractivity (Wildman–Crippen MR) is 78.2 cm³/mol. The molecule has 1 amide bonds. The van der Waals surface area contributed by atoms with Crippen molar-refractivity contribution < 1.29 is 4.79 Å². The summed E-state index contributed by atoms with van der Waals surface area (Å²) in [5.74, 6) is 0.153. The molecule has 1 fully saturated rings. The van der Waals surface area contributed by atoms with Gasteiger partial charge in [0.15, 0.2) is 0 Å². The van der Waals surface area contributed by atoms with E-state index in [9.17, 15) is 4.79 Å². The lowest BCUT2D eigenvalue weighted by Crippen LogP contribution is -2.25. The fraction of sp³-hybridized carbons (Fsp3) is 0.417. The minimum absolute atomic E-state index is 0.0627. The van der Waals surface area contributed by atoms with E-state index < -0.39 is 0 Å². The molecule has 0 radical (unpaired) electrons. The number of azide groups is 1. The van der Waals surface area contributed by atoms with Crippen LogP contribution in [-0.2, 0) is 4.79 Å². The van der Waals surface area contributed by atoms with Crippen LogP contribution in [-0.4, -0.2) is 26.0 Å². The molecule has 19 heavy (non-hydrogen) atoms. The fourth-order valence-corrected chi connectivity index (χ4v) is 2.58. The molecule has 1 heterocycles. The molecule has 1 atom stereocenters. The largest absolute Gasteiger partial charge is 0.386 e. The van der Waals surface area contributed by atoms with Crippen molar-refractivity contribution in [3.63, 3.8) is 0 Å². The van der Waals surface area contributed by atoms with Crippen LogP contribution in [0.25, 0.3) is 10.4 Å². The maximum atomic E-state index is 12.1. The summed E-state index contributed by atoms with van der Waals surface area (Å²) in [5.41, 5.74) is 10.1. The lowest BCUT2D eigenvalue weighted by Gasteiger charge is -2.20. The van der Waals surface area contributed by atoms with Crippen molar-refractivity contribution in [1.29, 1.82) is 0 Å². The summed E-state index contributed by atoms with van der Waals surface area (Å²) in [5, 5.41) is 6.63. The van der Waals surface area contributed by atoms with Crippen molar-refractivity contribution >= 4 is 33.2 Å². The number of nitrogens with zero attached hydrogens (tertiary/aromatic N) is 4. The van der Waals surface area contributed by atoms with Gasteiger partial charge in [0.2, 0.25) is 5.91 Å². The van der Waals surface area contributed by atoms with E-state index in [1.807, 2.05) is 25.2 Å². The Labute approximate surface area is 119 Å². The van der Waals surface area contributed by atoms with Gasteiger partial charge in [-0.2, -0.15) is 0 Å². The molecule has 6 nitrogen and oxygen atoms in total. The van der Waals surface area contributed by atoms with Crippen LogP contribution in [0.15, 0.2) is 27.8 Å². The van der Waals surface area contributed by atoms with Gasteiger partial charge in [0.05, 0.1) is 11.4 Å². The first-order chi connectivity index (χ1) is 9.15. The number of halogens is 1. The number of anilines is 2. The third-order valence-corrected chi connectivity index (χ3v) is 3.62. The zero-order chi connectivity index (χ0) is 13.8. The van der Waals surface area contributed by atoms with Gasteiger partial charge in [-0.05, 0) is 29.6 Å². The van der Waals surface area contributed by atoms with E-state index in [-0.39, 0.29) is 11.8 Å². The van der Waals surface area contributed by atoms with Crippen molar-refractivity contribution in [3.05, 3.63) is 33.1 Å². The summed E-state index contributed by atoms with van der Waals surface area (Å²) in [6, 6.07) is 5.76. The molecule has 0 aliphatic carbocycles. The minimum atomic E-state index is 0.0627. The van der Waals surface area contributed by atoms with Crippen LogP contribution in [0, 0.1) is 5.92 Å². The summed E-state index contributed by atoms with van der Waals surface area (Å²) in [6.45, 7) is 0.949. The molecule has 100 valence electrons. The van der Waals surface area contributed by atoms with Crippen LogP contribution in [0.3, 0.4) is 0 Å². The van der Waals surface area contributed by atoms with Crippen LogP contribution in [0.2, 0.25) is 0 Å². The highest BCUT2D eigenvalue weighted by atomic mass is 79.9. The highest BCUT2D eigenvalue weighted by Crippen LogP contribution is 2.33. The molecule has 0 bridgehead atoms. The summed E-state index contributed by atoms with van der Waals surface area (Å²) in [4.78, 5) is 16.6. The van der Waals surface area contributed by atoms with E-state index in [0.717, 1.165) is 15.8 Å². The van der Waals surface area contributed by atoms with E-state index in [4.69, 9.17) is 5.53 Å². The van der Waals surface area contributed by atoms with Crippen molar-refractivity contribution in [2.75, 3.05) is 30.4 Å². The number of nitrogens with one attached hydrogen (secondary N) is 1. The molecule has 0 aromatic heterocycles. The quantitative estimate of drug-likeness (QED) is 0.524. The molecular formula is C12H14BrN5O. The number of rotatable bonds is 4. The summed E-state index contributed by atoms with van der Waals surface area (Å²) >= 11 is 3.42. The van der Waals surface area contributed by atoms with Gasteiger partial charge >= 0.3 is 0 Å². The molecule has 2 rings (SSSR count). The highest BCUT2D eigenvalue weighted by Gasteiger charge is 2.31. The van der Waals surface area contributed by atoms with Crippen molar-refractivity contribution in [3.8, 4) is 0 Å². The number of carbonyl (C=O) groups excluding carboxylic acids is 1. The normalized spacial score (nSPS) is 18.3. The number of benzene rings is 1. The number of carbonyl (C=O) groups is 1. The third kappa shape index (κ3) is 3.00. The van der Waals surface area contributed by atoms with Gasteiger partial charge in [-0.15, -0.1) is 0 Å².